The zero-order chi connectivity index (χ0) is 9.26. The first kappa shape index (κ1) is 7.79. The normalized spacial score (nSPS) is 10.2. The number of aromatic amines is 1. The maximum Gasteiger partial charge on any atom is 0.248 e. The Kier molecular flexibility index (Phi) is 1.73. The lowest BCUT2D eigenvalue weighted by Crippen LogP contribution is -2.03. The van der Waals surface area contributed by atoms with E-state index in [2.05, 4.69) is 9.97 Å². The van der Waals surface area contributed by atoms with E-state index in [4.69, 9.17) is 4.74 Å². The molecule has 0 fully saturated rings. The number of hydrogen-bond acceptors (Lipinski definition) is 3. The maximum absolute atomic E-state index is 11.0. The van der Waals surface area contributed by atoms with Crippen LogP contribution in [-0.4, -0.2) is 17.1 Å². The Labute approximate surface area is 74.2 Å². The van der Waals surface area contributed by atoms with E-state index in [0.29, 0.717) is 11.3 Å². The van der Waals surface area contributed by atoms with Crippen LogP contribution in [0.25, 0.3) is 10.9 Å². The van der Waals surface area contributed by atoms with E-state index < -0.39 is 0 Å². The Morgan fingerprint density at radius 3 is 3.00 bits per heavy atom. The third-order valence-electron chi connectivity index (χ3n) is 1.83. The molecule has 0 atom stereocenters. The summed E-state index contributed by atoms with van der Waals surface area (Å²) in [5.41, 5.74) is 0.550. The van der Waals surface area contributed by atoms with Crippen molar-refractivity contribution in [2.75, 3.05) is 7.11 Å². The van der Waals surface area contributed by atoms with Gasteiger partial charge in [-0.1, -0.05) is 0 Å². The molecule has 2 aromatic heterocycles. The van der Waals surface area contributed by atoms with Gasteiger partial charge in [0.25, 0.3) is 0 Å². The number of pyridine rings is 2. The Balaban J connectivity index is 2.85. The number of hydrogen-bond donors (Lipinski definition) is 1. The Morgan fingerprint density at radius 2 is 2.23 bits per heavy atom. The zero-order valence-corrected chi connectivity index (χ0v) is 7.07. The third kappa shape index (κ3) is 1.26. The minimum atomic E-state index is -0.137. The number of rotatable bonds is 1. The van der Waals surface area contributed by atoms with E-state index in [1.807, 2.05) is 0 Å². The number of nitrogens with zero attached hydrogens (tertiary/aromatic N) is 1. The molecule has 0 aromatic carbocycles. The van der Waals surface area contributed by atoms with Crippen molar-refractivity contribution >= 4 is 10.9 Å². The maximum atomic E-state index is 11.0. The molecule has 0 aliphatic heterocycles. The minimum Gasteiger partial charge on any atom is -0.494 e. The molecule has 0 amide bonds. The molecule has 2 heterocycles. The van der Waals surface area contributed by atoms with Crippen LogP contribution in [0.3, 0.4) is 0 Å². The summed E-state index contributed by atoms with van der Waals surface area (Å²) in [5.74, 6) is 0.661. The molecule has 0 radical (unpaired) electrons. The summed E-state index contributed by atoms with van der Waals surface area (Å²) in [4.78, 5) is 17.6. The molecule has 2 rings (SSSR count). The molecular weight excluding hydrogens is 168 g/mol. The standard InChI is InChI=1S/C9H8N2O2/c1-13-8-5-10-4-7-6(8)2-3-9(12)11-7/h2-5H,1H3,(H,11,12). The van der Waals surface area contributed by atoms with E-state index in [0.717, 1.165) is 5.39 Å². The first-order chi connectivity index (χ1) is 6.31. The van der Waals surface area contributed by atoms with Crippen molar-refractivity contribution in [3.63, 3.8) is 0 Å². The van der Waals surface area contributed by atoms with Gasteiger partial charge in [-0.3, -0.25) is 9.78 Å². The third-order valence-corrected chi connectivity index (χ3v) is 1.83. The lowest BCUT2D eigenvalue weighted by molar-refractivity contribution is 0.418. The fourth-order valence-electron chi connectivity index (χ4n) is 1.22. The Bertz CT molecular complexity index is 490. The lowest BCUT2D eigenvalue weighted by atomic mass is 10.2. The highest BCUT2D eigenvalue weighted by Gasteiger charge is 2.00. The van der Waals surface area contributed by atoms with Gasteiger partial charge in [0.15, 0.2) is 0 Å². The minimum absolute atomic E-state index is 0.137. The number of H-pyrrole nitrogens is 1. The van der Waals surface area contributed by atoms with Crippen LogP contribution >= 0.6 is 0 Å². The molecule has 0 aliphatic carbocycles. The largest absolute Gasteiger partial charge is 0.494 e. The Morgan fingerprint density at radius 1 is 1.38 bits per heavy atom. The van der Waals surface area contributed by atoms with Crippen LogP contribution in [0, 0.1) is 0 Å². The molecule has 0 spiro atoms. The fourth-order valence-corrected chi connectivity index (χ4v) is 1.22. The van der Waals surface area contributed by atoms with Gasteiger partial charge in [0, 0.05) is 11.5 Å². The van der Waals surface area contributed by atoms with Crippen molar-refractivity contribution in [3.8, 4) is 5.75 Å². The van der Waals surface area contributed by atoms with E-state index in [9.17, 15) is 4.79 Å². The van der Waals surface area contributed by atoms with Crippen LogP contribution in [0.4, 0.5) is 0 Å². The van der Waals surface area contributed by atoms with Gasteiger partial charge in [0.2, 0.25) is 5.56 Å². The number of aromatic nitrogens is 2. The smallest absolute Gasteiger partial charge is 0.248 e. The van der Waals surface area contributed by atoms with Crippen molar-refractivity contribution in [1.29, 1.82) is 0 Å². The molecule has 4 heteroatoms. The molecular formula is C9H8N2O2. The van der Waals surface area contributed by atoms with E-state index in [-0.39, 0.29) is 5.56 Å². The predicted octanol–water partition coefficient (Wildman–Crippen LogP) is 0.932. The molecule has 0 saturated carbocycles. The highest BCUT2D eigenvalue weighted by Crippen LogP contribution is 2.20. The average molecular weight is 176 g/mol. The van der Waals surface area contributed by atoms with Gasteiger partial charge in [-0.2, -0.15) is 0 Å². The second-order valence-corrected chi connectivity index (χ2v) is 2.63. The van der Waals surface area contributed by atoms with Gasteiger partial charge in [0.1, 0.15) is 5.75 Å². The van der Waals surface area contributed by atoms with Gasteiger partial charge in [-0.05, 0) is 6.07 Å². The lowest BCUT2D eigenvalue weighted by Gasteiger charge is -2.02. The second-order valence-electron chi connectivity index (χ2n) is 2.63. The molecule has 13 heavy (non-hydrogen) atoms. The summed E-state index contributed by atoms with van der Waals surface area (Å²) < 4.78 is 5.08. The van der Waals surface area contributed by atoms with Crippen LogP contribution in [0.15, 0.2) is 29.3 Å². The number of fused-ring (bicyclic) bond motifs is 1. The predicted molar refractivity (Wildman–Crippen MR) is 48.9 cm³/mol. The van der Waals surface area contributed by atoms with E-state index >= 15 is 0 Å². The SMILES string of the molecule is COc1cncc2[nH]c(=O)ccc12. The topological polar surface area (TPSA) is 55.0 Å². The second kappa shape index (κ2) is 2.90. The first-order valence-electron chi connectivity index (χ1n) is 3.82. The van der Waals surface area contributed by atoms with Crippen molar-refractivity contribution < 1.29 is 4.74 Å². The van der Waals surface area contributed by atoms with Crippen molar-refractivity contribution in [2.24, 2.45) is 0 Å². The van der Waals surface area contributed by atoms with Crippen LogP contribution in [0.1, 0.15) is 0 Å². The molecule has 2 aromatic rings. The summed E-state index contributed by atoms with van der Waals surface area (Å²) in [6.07, 6.45) is 3.21. The van der Waals surface area contributed by atoms with Gasteiger partial charge in [0.05, 0.1) is 25.0 Å². The average Bonchev–Trinajstić information content (AvgIpc) is 2.16. The Hall–Kier alpha value is -1.84. The molecule has 0 unspecified atom stereocenters. The summed E-state index contributed by atoms with van der Waals surface area (Å²) in [7, 11) is 1.57. The van der Waals surface area contributed by atoms with Gasteiger partial charge >= 0.3 is 0 Å². The zero-order valence-electron chi connectivity index (χ0n) is 7.07. The van der Waals surface area contributed by atoms with Crippen LogP contribution in [0.5, 0.6) is 5.75 Å². The summed E-state index contributed by atoms with van der Waals surface area (Å²) in [6.45, 7) is 0. The van der Waals surface area contributed by atoms with Crippen LogP contribution in [-0.2, 0) is 0 Å². The highest BCUT2D eigenvalue weighted by atomic mass is 16.5. The molecule has 1 N–H and O–H groups in total. The quantitative estimate of drug-likeness (QED) is 0.703. The number of ether oxygens (including phenoxy) is 1. The number of nitrogens with one attached hydrogen (secondary N) is 1. The van der Waals surface area contributed by atoms with E-state index in [1.54, 1.807) is 25.6 Å². The van der Waals surface area contributed by atoms with Gasteiger partial charge < -0.3 is 9.72 Å². The van der Waals surface area contributed by atoms with Crippen molar-refractivity contribution in [3.05, 3.63) is 34.9 Å². The molecule has 0 bridgehead atoms. The number of methoxy groups -OCH3 is 1. The highest BCUT2D eigenvalue weighted by molar-refractivity contribution is 5.83. The van der Waals surface area contributed by atoms with Crippen LogP contribution in [0.2, 0.25) is 0 Å². The van der Waals surface area contributed by atoms with Crippen molar-refractivity contribution in [1.82, 2.24) is 9.97 Å². The van der Waals surface area contributed by atoms with Gasteiger partial charge in [-0.25, -0.2) is 0 Å². The fraction of sp³-hybridized carbons (Fsp3) is 0.111. The molecule has 66 valence electrons. The molecule has 4 nitrogen and oxygen atoms in total. The molecule has 0 saturated heterocycles. The summed E-state index contributed by atoms with van der Waals surface area (Å²) in [6, 6.07) is 3.18. The van der Waals surface area contributed by atoms with E-state index in [1.165, 1.54) is 6.07 Å². The van der Waals surface area contributed by atoms with Crippen LogP contribution < -0.4 is 10.3 Å². The first-order valence-corrected chi connectivity index (χ1v) is 3.82. The summed E-state index contributed by atoms with van der Waals surface area (Å²) in [5, 5.41) is 0.858. The molecule has 0 aliphatic rings. The summed E-state index contributed by atoms with van der Waals surface area (Å²) >= 11 is 0. The van der Waals surface area contributed by atoms with Gasteiger partial charge in [-0.15, -0.1) is 0 Å². The monoisotopic (exact) mass is 176 g/mol. The van der Waals surface area contributed by atoms with Crippen molar-refractivity contribution in [2.45, 2.75) is 0 Å².